The fourth-order valence-electron chi connectivity index (χ4n) is 3.77. The standard InChI is InChI=1S/C18H30N2O4/c1-22-12-16-10-14(20-24-16)9-15-7-8-17(21)18(23-15)11-19-13-5-3-2-4-6-13/h10,13,15,17-19,21H,2-9,11-12H2,1H3. The van der Waals surface area contributed by atoms with Crippen LogP contribution < -0.4 is 5.32 Å². The van der Waals surface area contributed by atoms with Crippen LogP contribution in [0.25, 0.3) is 0 Å². The summed E-state index contributed by atoms with van der Waals surface area (Å²) >= 11 is 0. The van der Waals surface area contributed by atoms with Crippen molar-refractivity contribution in [2.45, 2.75) is 82.3 Å². The molecule has 1 aromatic heterocycles. The van der Waals surface area contributed by atoms with Crippen molar-refractivity contribution >= 4 is 0 Å². The molecule has 0 aromatic carbocycles. The Morgan fingerprint density at radius 3 is 2.88 bits per heavy atom. The van der Waals surface area contributed by atoms with Gasteiger partial charge in [0, 0.05) is 32.2 Å². The van der Waals surface area contributed by atoms with Gasteiger partial charge >= 0.3 is 0 Å². The van der Waals surface area contributed by atoms with Gasteiger partial charge in [-0.2, -0.15) is 0 Å². The predicted octanol–water partition coefficient (Wildman–Crippen LogP) is 2.19. The van der Waals surface area contributed by atoms with Crippen LogP contribution in [-0.2, 0) is 22.5 Å². The molecule has 136 valence electrons. The maximum atomic E-state index is 10.2. The molecule has 0 bridgehead atoms. The van der Waals surface area contributed by atoms with Crippen molar-refractivity contribution in [3.8, 4) is 0 Å². The molecule has 3 unspecified atom stereocenters. The van der Waals surface area contributed by atoms with Gasteiger partial charge in [-0.15, -0.1) is 0 Å². The molecule has 0 radical (unpaired) electrons. The van der Waals surface area contributed by atoms with Crippen molar-refractivity contribution in [3.63, 3.8) is 0 Å². The van der Waals surface area contributed by atoms with E-state index in [2.05, 4.69) is 10.5 Å². The quantitative estimate of drug-likeness (QED) is 0.794. The lowest BCUT2D eigenvalue weighted by atomic mass is 9.94. The Bertz CT molecular complexity index is 487. The van der Waals surface area contributed by atoms with E-state index >= 15 is 0 Å². The smallest absolute Gasteiger partial charge is 0.162 e. The summed E-state index contributed by atoms with van der Waals surface area (Å²) in [5.41, 5.74) is 0.891. The highest BCUT2D eigenvalue weighted by atomic mass is 16.5. The van der Waals surface area contributed by atoms with Crippen molar-refractivity contribution in [2.75, 3.05) is 13.7 Å². The summed E-state index contributed by atoms with van der Waals surface area (Å²) in [6, 6.07) is 2.51. The maximum absolute atomic E-state index is 10.2. The maximum Gasteiger partial charge on any atom is 0.162 e. The Morgan fingerprint density at radius 2 is 2.08 bits per heavy atom. The number of aromatic nitrogens is 1. The van der Waals surface area contributed by atoms with Crippen molar-refractivity contribution in [3.05, 3.63) is 17.5 Å². The highest BCUT2D eigenvalue weighted by Gasteiger charge is 2.31. The van der Waals surface area contributed by atoms with Crippen molar-refractivity contribution in [1.29, 1.82) is 0 Å². The van der Waals surface area contributed by atoms with Crippen molar-refractivity contribution < 1.29 is 19.1 Å². The van der Waals surface area contributed by atoms with E-state index in [9.17, 15) is 5.11 Å². The predicted molar refractivity (Wildman–Crippen MR) is 89.7 cm³/mol. The van der Waals surface area contributed by atoms with Crippen LogP contribution >= 0.6 is 0 Å². The molecule has 6 heteroatoms. The first-order valence-electron chi connectivity index (χ1n) is 9.25. The van der Waals surface area contributed by atoms with Crippen molar-refractivity contribution in [1.82, 2.24) is 10.5 Å². The fraction of sp³-hybridized carbons (Fsp3) is 0.833. The fourth-order valence-corrected chi connectivity index (χ4v) is 3.77. The monoisotopic (exact) mass is 338 g/mol. The minimum absolute atomic E-state index is 0.0899. The van der Waals surface area contributed by atoms with Gasteiger partial charge in [0.2, 0.25) is 0 Å². The second-order valence-electron chi connectivity index (χ2n) is 7.11. The van der Waals surface area contributed by atoms with Gasteiger partial charge in [-0.1, -0.05) is 24.4 Å². The van der Waals surface area contributed by atoms with E-state index in [1.807, 2.05) is 6.07 Å². The molecule has 1 aromatic rings. The van der Waals surface area contributed by atoms with E-state index in [0.29, 0.717) is 12.6 Å². The molecule has 1 aliphatic carbocycles. The molecule has 6 nitrogen and oxygen atoms in total. The molecule has 3 rings (SSSR count). The summed E-state index contributed by atoms with van der Waals surface area (Å²) < 4.78 is 16.4. The van der Waals surface area contributed by atoms with Gasteiger partial charge in [0.05, 0.1) is 24.0 Å². The summed E-state index contributed by atoms with van der Waals surface area (Å²) in [4.78, 5) is 0. The number of ether oxygens (including phenoxy) is 2. The van der Waals surface area contributed by atoms with Crippen LogP contribution in [0.1, 0.15) is 56.4 Å². The Kier molecular flexibility index (Phi) is 6.66. The van der Waals surface area contributed by atoms with Crippen LogP contribution in [0.3, 0.4) is 0 Å². The number of methoxy groups -OCH3 is 1. The minimum atomic E-state index is -0.376. The van der Waals surface area contributed by atoms with E-state index in [4.69, 9.17) is 14.0 Å². The zero-order valence-electron chi connectivity index (χ0n) is 14.6. The van der Waals surface area contributed by atoms with Crippen LogP contribution in [0.2, 0.25) is 0 Å². The molecule has 1 saturated heterocycles. The summed E-state index contributed by atoms with van der Waals surface area (Å²) in [5.74, 6) is 0.735. The third-order valence-electron chi connectivity index (χ3n) is 5.12. The third-order valence-corrected chi connectivity index (χ3v) is 5.12. The molecule has 3 atom stereocenters. The van der Waals surface area contributed by atoms with Crippen LogP contribution in [0.5, 0.6) is 0 Å². The average Bonchev–Trinajstić information content (AvgIpc) is 3.04. The first kappa shape index (κ1) is 17.9. The molecule has 24 heavy (non-hydrogen) atoms. The highest BCUT2D eigenvalue weighted by molar-refractivity contribution is 5.06. The zero-order valence-corrected chi connectivity index (χ0v) is 14.6. The Labute approximate surface area is 143 Å². The number of hydrogen-bond donors (Lipinski definition) is 2. The lowest BCUT2D eigenvalue weighted by Gasteiger charge is -2.35. The van der Waals surface area contributed by atoms with Gasteiger partial charge < -0.3 is 24.4 Å². The Hall–Kier alpha value is -0.950. The largest absolute Gasteiger partial charge is 0.390 e. The SMILES string of the molecule is COCc1cc(CC2CCC(O)C(CNC3CCCCC3)O2)no1. The first-order chi connectivity index (χ1) is 11.7. The molecule has 2 fully saturated rings. The van der Waals surface area contributed by atoms with Gasteiger partial charge in [-0.25, -0.2) is 0 Å². The van der Waals surface area contributed by atoms with E-state index < -0.39 is 0 Å². The molecular formula is C18H30N2O4. The van der Waals surface area contributed by atoms with Crippen LogP contribution in [0.15, 0.2) is 10.6 Å². The summed E-state index contributed by atoms with van der Waals surface area (Å²) in [5, 5.41) is 17.9. The van der Waals surface area contributed by atoms with Gasteiger partial charge in [-0.3, -0.25) is 0 Å². The second-order valence-corrected chi connectivity index (χ2v) is 7.11. The number of hydrogen-bond acceptors (Lipinski definition) is 6. The number of nitrogens with one attached hydrogen (secondary N) is 1. The molecule has 1 aliphatic heterocycles. The van der Waals surface area contributed by atoms with Crippen LogP contribution in [0, 0.1) is 0 Å². The van der Waals surface area contributed by atoms with Crippen molar-refractivity contribution in [2.24, 2.45) is 0 Å². The lowest BCUT2D eigenvalue weighted by Crippen LogP contribution is -2.47. The van der Waals surface area contributed by atoms with Gasteiger partial charge in [0.15, 0.2) is 5.76 Å². The van der Waals surface area contributed by atoms with E-state index in [1.54, 1.807) is 7.11 Å². The molecular weight excluding hydrogens is 308 g/mol. The van der Waals surface area contributed by atoms with Gasteiger partial charge in [-0.05, 0) is 25.7 Å². The van der Waals surface area contributed by atoms with Crippen LogP contribution in [-0.4, -0.2) is 48.3 Å². The van der Waals surface area contributed by atoms with Gasteiger partial charge in [0.1, 0.15) is 6.61 Å². The topological polar surface area (TPSA) is 76.8 Å². The molecule has 0 spiro atoms. The first-order valence-corrected chi connectivity index (χ1v) is 9.25. The lowest BCUT2D eigenvalue weighted by molar-refractivity contribution is -0.115. The Morgan fingerprint density at radius 1 is 1.25 bits per heavy atom. The van der Waals surface area contributed by atoms with Crippen LogP contribution in [0.4, 0.5) is 0 Å². The van der Waals surface area contributed by atoms with E-state index in [1.165, 1.54) is 32.1 Å². The highest BCUT2D eigenvalue weighted by Crippen LogP contribution is 2.23. The number of aliphatic hydroxyl groups is 1. The molecule has 2 heterocycles. The summed E-state index contributed by atoms with van der Waals surface area (Å²) in [6.07, 6.45) is 8.40. The average molecular weight is 338 g/mol. The molecule has 0 amide bonds. The normalized spacial score (nSPS) is 29.0. The van der Waals surface area contributed by atoms with E-state index in [-0.39, 0.29) is 18.3 Å². The Balaban J connectivity index is 1.46. The minimum Gasteiger partial charge on any atom is -0.390 e. The van der Waals surface area contributed by atoms with Gasteiger partial charge in [0.25, 0.3) is 0 Å². The second kappa shape index (κ2) is 8.94. The third kappa shape index (κ3) is 5.02. The number of aliphatic hydroxyl groups excluding tert-OH is 1. The molecule has 2 N–H and O–H groups in total. The zero-order chi connectivity index (χ0) is 16.8. The molecule has 2 aliphatic rings. The molecule has 1 saturated carbocycles. The number of rotatable bonds is 7. The number of nitrogens with zero attached hydrogens (tertiary/aromatic N) is 1. The summed E-state index contributed by atoms with van der Waals surface area (Å²) in [6.45, 7) is 1.17. The van der Waals surface area contributed by atoms with E-state index in [0.717, 1.165) is 37.3 Å². The summed E-state index contributed by atoms with van der Waals surface area (Å²) in [7, 11) is 1.64.